The van der Waals surface area contributed by atoms with Crippen LogP contribution in [0.5, 0.6) is 5.75 Å². The van der Waals surface area contributed by atoms with E-state index < -0.39 is 6.36 Å². The Balaban J connectivity index is 1.81. The maximum atomic E-state index is 12.1. The summed E-state index contributed by atoms with van der Waals surface area (Å²) >= 11 is 0. The maximum Gasteiger partial charge on any atom is 0.573 e. The number of benzene rings is 1. The molecule has 1 aliphatic carbocycles. The van der Waals surface area contributed by atoms with Gasteiger partial charge in [-0.05, 0) is 61.6 Å². The van der Waals surface area contributed by atoms with Crippen molar-refractivity contribution < 1.29 is 22.6 Å². The molecule has 2 nitrogen and oxygen atoms in total. The minimum Gasteiger partial charge on any atom is -0.406 e. The van der Waals surface area contributed by atoms with Gasteiger partial charge in [0, 0.05) is 13.2 Å². The first-order valence-electron chi connectivity index (χ1n) is 7.91. The Bertz CT molecular complexity index is 434. The van der Waals surface area contributed by atoms with Crippen molar-refractivity contribution in [2.45, 2.75) is 51.3 Å². The lowest BCUT2D eigenvalue weighted by atomic mass is 9.79. The summed E-state index contributed by atoms with van der Waals surface area (Å²) in [5, 5.41) is 0. The van der Waals surface area contributed by atoms with Gasteiger partial charge < -0.3 is 9.47 Å². The minimum absolute atomic E-state index is 0.155. The molecule has 1 fully saturated rings. The van der Waals surface area contributed by atoms with E-state index in [-0.39, 0.29) is 5.75 Å². The van der Waals surface area contributed by atoms with Crippen molar-refractivity contribution in [1.29, 1.82) is 0 Å². The van der Waals surface area contributed by atoms with Gasteiger partial charge in [0.2, 0.25) is 0 Å². The first-order valence-corrected chi connectivity index (χ1v) is 7.91. The van der Waals surface area contributed by atoms with Crippen LogP contribution in [-0.2, 0) is 4.74 Å². The second-order valence-electron chi connectivity index (χ2n) is 5.91. The van der Waals surface area contributed by atoms with Gasteiger partial charge in [0.05, 0.1) is 0 Å². The molecule has 0 radical (unpaired) electrons. The molecule has 1 aromatic carbocycles. The molecule has 1 aliphatic rings. The zero-order valence-electron chi connectivity index (χ0n) is 12.9. The predicted molar refractivity (Wildman–Crippen MR) is 78.9 cm³/mol. The molecular formula is C17H23F3O2. The van der Waals surface area contributed by atoms with E-state index in [1.54, 1.807) is 12.1 Å². The van der Waals surface area contributed by atoms with E-state index in [1.165, 1.54) is 12.1 Å². The van der Waals surface area contributed by atoms with Crippen molar-refractivity contribution in [1.82, 2.24) is 0 Å². The van der Waals surface area contributed by atoms with Gasteiger partial charge in [0.15, 0.2) is 0 Å². The van der Waals surface area contributed by atoms with Crippen molar-refractivity contribution in [3.8, 4) is 5.75 Å². The van der Waals surface area contributed by atoms with Gasteiger partial charge in [0.1, 0.15) is 5.75 Å². The van der Waals surface area contributed by atoms with Crippen LogP contribution in [0.4, 0.5) is 13.2 Å². The highest BCUT2D eigenvalue weighted by atomic mass is 19.4. The topological polar surface area (TPSA) is 18.5 Å². The van der Waals surface area contributed by atoms with E-state index >= 15 is 0 Å². The Morgan fingerprint density at radius 2 is 1.68 bits per heavy atom. The fraction of sp³-hybridized carbons (Fsp3) is 0.647. The van der Waals surface area contributed by atoms with Crippen LogP contribution in [0.2, 0.25) is 0 Å². The van der Waals surface area contributed by atoms with Crippen molar-refractivity contribution >= 4 is 0 Å². The van der Waals surface area contributed by atoms with Crippen LogP contribution in [-0.4, -0.2) is 19.6 Å². The molecule has 0 bridgehead atoms. The van der Waals surface area contributed by atoms with Crippen LogP contribution in [0.1, 0.15) is 50.5 Å². The second-order valence-corrected chi connectivity index (χ2v) is 5.91. The SMILES string of the molecule is CCCOCC1CCC(c2ccc(OC(F)(F)F)cc2)CC1. The summed E-state index contributed by atoms with van der Waals surface area (Å²) in [6, 6.07) is 6.30. The molecule has 1 saturated carbocycles. The first-order chi connectivity index (χ1) is 10.5. The average molecular weight is 316 g/mol. The smallest absolute Gasteiger partial charge is 0.406 e. The number of hydrogen-bond acceptors (Lipinski definition) is 2. The van der Waals surface area contributed by atoms with E-state index in [1.807, 2.05) is 0 Å². The Kier molecular flexibility index (Phi) is 6.12. The second kappa shape index (κ2) is 7.86. The summed E-state index contributed by atoms with van der Waals surface area (Å²) in [4.78, 5) is 0. The molecule has 2 rings (SSSR count). The van der Waals surface area contributed by atoms with Gasteiger partial charge in [0.25, 0.3) is 0 Å². The zero-order chi connectivity index (χ0) is 16.0. The first kappa shape index (κ1) is 17.1. The third kappa shape index (κ3) is 5.52. The lowest BCUT2D eigenvalue weighted by Gasteiger charge is -2.28. The van der Waals surface area contributed by atoms with Gasteiger partial charge in [-0.1, -0.05) is 19.1 Å². The highest BCUT2D eigenvalue weighted by molar-refractivity contribution is 5.29. The van der Waals surface area contributed by atoms with Crippen LogP contribution in [0.15, 0.2) is 24.3 Å². The summed E-state index contributed by atoms with van der Waals surface area (Å²) in [5.74, 6) is 0.899. The normalized spacial score (nSPS) is 22.5. The highest BCUT2D eigenvalue weighted by Crippen LogP contribution is 2.36. The summed E-state index contributed by atoms with van der Waals surface area (Å²) in [7, 11) is 0. The lowest BCUT2D eigenvalue weighted by Crippen LogP contribution is -2.18. The third-order valence-corrected chi connectivity index (χ3v) is 4.13. The van der Waals surface area contributed by atoms with Gasteiger partial charge in [-0.2, -0.15) is 0 Å². The van der Waals surface area contributed by atoms with Crippen molar-refractivity contribution in [2.75, 3.05) is 13.2 Å². The lowest BCUT2D eigenvalue weighted by molar-refractivity contribution is -0.274. The van der Waals surface area contributed by atoms with Gasteiger partial charge in [-0.25, -0.2) is 0 Å². The van der Waals surface area contributed by atoms with E-state index in [0.29, 0.717) is 11.8 Å². The van der Waals surface area contributed by atoms with Crippen molar-refractivity contribution in [3.05, 3.63) is 29.8 Å². The molecule has 0 aliphatic heterocycles. The summed E-state index contributed by atoms with van der Waals surface area (Å²) in [6.45, 7) is 3.75. The standard InChI is InChI=1S/C17H23F3O2/c1-2-11-21-12-13-3-5-14(6-4-13)15-7-9-16(10-8-15)22-17(18,19)20/h7-10,13-14H,2-6,11-12H2,1H3. The Morgan fingerprint density at radius 1 is 1.05 bits per heavy atom. The molecule has 5 heteroatoms. The number of rotatable bonds is 6. The van der Waals surface area contributed by atoms with Crippen LogP contribution >= 0.6 is 0 Å². The van der Waals surface area contributed by atoms with Crippen molar-refractivity contribution in [3.63, 3.8) is 0 Å². The Morgan fingerprint density at radius 3 is 2.23 bits per heavy atom. The van der Waals surface area contributed by atoms with Gasteiger partial charge >= 0.3 is 6.36 Å². The summed E-state index contributed by atoms with van der Waals surface area (Å²) < 4.78 is 45.9. The maximum absolute atomic E-state index is 12.1. The number of alkyl halides is 3. The monoisotopic (exact) mass is 316 g/mol. The number of ether oxygens (including phenoxy) is 2. The van der Waals surface area contributed by atoms with Gasteiger partial charge in [-0.15, -0.1) is 13.2 Å². The summed E-state index contributed by atoms with van der Waals surface area (Å²) in [6.07, 6.45) is 0.795. The molecule has 0 heterocycles. The van der Waals surface area contributed by atoms with Crippen molar-refractivity contribution in [2.24, 2.45) is 5.92 Å². The Labute approximate surface area is 129 Å². The van der Waals surface area contributed by atoms with E-state index in [4.69, 9.17) is 4.74 Å². The molecule has 0 atom stereocenters. The minimum atomic E-state index is -4.63. The molecule has 0 unspecified atom stereocenters. The van der Waals surface area contributed by atoms with E-state index in [9.17, 15) is 13.2 Å². The Hall–Kier alpha value is -1.23. The molecule has 0 aromatic heterocycles. The fourth-order valence-corrected chi connectivity index (χ4v) is 3.00. The van der Waals surface area contributed by atoms with E-state index in [0.717, 1.165) is 50.9 Å². The third-order valence-electron chi connectivity index (χ3n) is 4.13. The van der Waals surface area contributed by atoms with Crippen LogP contribution in [0.25, 0.3) is 0 Å². The highest BCUT2D eigenvalue weighted by Gasteiger charge is 2.31. The molecule has 22 heavy (non-hydrogen) atoms. The largest absolute Gasteiger partial charge is 0.573 e. The molecule has 0 saturated heterocycles. The molecule has 0 amide bonds. The quantitative estimate of drug-likeness (QED) is 0.664. The van der Waals surface area contributed by atoms with Crippen LogP contribution in [0.3, 0.4) is 0 Å². The molecular weight excluding hydrogens is 293 g/mol. The fourth-order valence-electron chi connectivity index (χ4n) is 3.00. The summed E-state index contributed by atoms with van der Waals surface area (Å²) in [5.41, 5.74) is 1.10. The van der Waals surface area contributed by atoms with E-state index in [2.05, 4.69) is 11.7 Å². The number of halogens is 3. The molecule has 0 N–H and O–H groups in total. The predicted octanol–water partition coefficient (Wildman–Crippen LogP) is 5.29. The average Bonchev–Trinajstić information content (AvgIpc) is 2.48. The number of hydrogen-bond donors (Lipinski definition) is 0. The molecule has 1 aromatic rings. The van der Waals surface area contributed by atoms with Gasteiger partial charge in [-0.3, -0.25) is 0 Å². The zero-order valence-corrected chi connectivity index (χ0v) is 12.9. The molecule has 124 valence electrons. The van der Waals surface area contributed by atoms with Crippen LogP contribution < -0.4 is 4.74 Å². The van der Waals surface area contributed by atoms with Crippen LogP contribution in [0, 0.1) is 5.92 Å². The molecule has 0 spiro atoms.